The van der Waals surface area contributed by atoms with Crippen molar-refractivity contribution in [3.63, 3.8) is 0 Å². The van der Waals surface area contributed by atoms with Gasteiger partial charge in [0.05, 0.1) is 16.6 Å². The smallest absolute Gasteiger partial charge is 0.279 e. The molecule has 0 radical (unpaired) electrons. The quantitative estimate of drug-likeness (QED) is 0.895. The molecule has 22 heavy (non-hydrogen) atoms. The van der Waals surface area contributed by atoms with Crippen LogP contribution < -0.4 is 10.6 Å². The number of nitrogens with one attached hydrogen (secondary N) is 1. The summed E-state index contributed by atoms with van der Waals surface area (Å²) in [7, 11) is 0. The van der Waals surface area contributed by atoms with E-state index in [1.54, 1.807) is 18.2 Å². The molecule has 1 aliphatic carbocycles. The summed E-state index contributed by atoms with van der Waals surface area (Å²) >= 11 is 5.96. The lowest BCUT2D eigenvalue weighted by molar-refractivity contribution is -0.680. The van der Waals surface area contributed by atoms with Crippen molar-refractivity contribution in [2.45, 2.75) is 51.0 Å². The summed E-state index contributed by atoms with van der Waals surface area (Å²) in [4.78, 5) is 12.0. The number of amides is 1. The Hall–Kier alpha value is -1.57. The maximum Gasteiger partial charge on any atom is 0.279 e. The highest BCUT2D eigenvalue weighted by molar-refractivity contribution is 6.32. The third kappa shape index (κ3) is 5.32. The van der Waals surface area contributed by atoms with Gasteiger partial charge in [-0.05, 0) is 43.9 Å². The van der Waals surface area contributed by atoms with Crippen LogP contribution in [-0.4, -0.2) is 18.5 Å². The fraction of sp³-hybridized carbons (Fsp3) is 0.529. The maximum absolute atomic E-state index is 12.0. The Morgan fingerprint density at radius 2 is 1.95 bits per heavy atom. The van der Waals surface area contributed by atoms with E-state index in [4.69, 9.17) is 16.9 Å². The van der Waals surface area contributed by atoms with Crippen LogP contribution in [0.4, 0.5) is 5.69 Å². The predicted molar refractivity (Wildman–Crippen MR) is 87.7 cm³/mol. The molecule has 0 saturated heterocycles. The van der Waals surface area contributed by atoms with Gasteiger partial charge in [0.15, 0.2) is 6.54 Å². The van der Waals surface area contributed by atoms with Crippen molar-refractivity contribution in [1.29, 1.82) is 5.26 Å². The van der Waals surface area contributed by atoms with Crippen molar-refractivity contribution in [2.75, 3.05) is 11.9 Å². The second-order valence-corrected chi connectivity index (χ2v) is 6.31. The number of nitrogens with zero attached hydrogens (tertiary/aromatic N) is 1. The lowest BCUT2D eigenvalue weighted by atomic mass is 9.97. The SMILES string of the molecule is N#Cc1ccc(NC(=O)C[NH2+]C2CCCCCCC2)cc1Cl. The monoisotopic (exact) mass is 320 g/mol. The second kappa shape index (κ2) is 8.77. The van der Waals surface area contributed by atoms with Crippen molar-refractivity contribution >= 4 is 23.2 Å². The van der Waals surface area contributed by atoms with Gasteiger partial charge >= 0.3 is 0 Å². The summed E-state index contributed by atoms with van der Waals surface area (Å²) in [6.07, 6.45) is 8.95. The van der Waals surface area contributed by atoms with Gasteiger partial charge in [0, 0.05) is 5.69 Å². The third-order valence-corrected chi connectivity index (χ3v) is 4.47. The first-order valence-corrected chi connectivity index (χ1v) is 8.39. The van der Waals surface area contributed by atoms with E-state index < -0.39 is 0 Å². The Morgan fingerprint density at radius 1 is 1.27 bits per heavy atom. The summed E-state index contributed by atoms with van der Waals surface area (Å²) in [5, 5.41) is 14.2. The first-order valence-electron chi connectivity index (χ1n) is 8.02. The highest BCUT2D eigenvalue weighted by atomic mass is 35.5. The zero-order chi connectivity index (χ0) is 15.8. The van der Waals surface area contributed by atoms with Crippen LogP contribution in [0, 0.1) is 11.3 Å². The number of benzene rings is 1. The van der Waals surface area contributed by atoms with E-state index in [0.717, 1.165) is 0 Å². The Balaban J connectivity index is 1.80. The summed E-state index contributed by atoms with van der Waals surface area (Å²) in [5.41, 5.74) is 1.06. The molecule has 0 heterocycles. The summed E-state index contributed by atoms with van der Waals surface area (Å²) in [6.45, 7) is 0.433. The fourth-order valence-electron chi connectivity index (χ4n) is 2.89. The summed E-state index contributed by atoms with van der Waals surface area (Å²) < 4.78 is 0. The van der Waals surface area contributed by atoms with Gasteiger partial charge < -0.3 is 10.6 Å². The molecule has 2 rings (SSSR count). The number of hydrogen-bond acceptors (Lipinski definition) is 2. The van der Waals surface area contributed by atoms with E-state index >= 15 is 0 Å². The van der Waals surface area contributed by atoms with Crippen LogP contribution in [0.15, 0.2) is 18.2 Å². The zero-order valence-electron chi connectivity index (χ0n) is 12.8. The molecule has 0 unspecified atom stereocenters. The van der Waals surface area contributed by atoms with Crippen molar-refractivity contribution in [2.24, 2.45) is 0 Å². The highest BCUT2D eigenvalue weighted by Crippen LogP contribution is 2.20. The molecule has 1 saturated carbocycles. The molecule has 1 aromatic rings. The van der Waals surface area contributed by atoms with E-state index in [1.165, 1.54) is 44.9 Å². The largest absolute Gasteiger partial charge is 0.336 e. The Kier molecular flexibility index (Phi) is 6.70. The highest BCUT2D eigenvalue weighted by Gasteiger charge is 2.15. The van der Waals surface area contributed by atoms with Gasteiger partial charge in [-0.2, -0.15) is 5.26 Å². The maximum atomic E-state index is 12.0. The normalized spacial score (nSPS) is 16.4. The van der Waals surface area contributed by atoms with Crippen molar-refractivity contribution in [3.8, 4) is 6.07 Å². The van der Waals surface area contributed by atoms with Gasteiger partial charge in [0.25, 0.3) is 5.91 Å². The lowest BCUT2D eigenvalue weighted by Gasteiger charge is -2.18. The molecule has 1 fully saturated rings. The van der Waals surface area contributed by atoms with Gasteiger partial charge in [0.1, 0.15) is 6.07 Å². The number of anilines is 1. The molecule has 118 valence electrons. The Bertz CT molecular complexity index is 545. The number of carbonyl (C=O) groups excluding carboxylic acids is 1. The molecule has 0 aliphatic heterocycles. The number of quaternary nitrogens is 1. The Labute approximate surface area is 136 Å². The van der Waals surface area contributed by atoms with Crippen LogP contribution in [0.3, 0.4) is 0 Å². The van der Waals surface area contributed by atoms with E-state index in [1.807, 2.05) is 6.07 Å². The van der Waals surface area contributed by atoms with E-state index in [9.17, 15) is 4.79 Å². The van der Waals surface area contributed by atoms with Crippen molar-refractivity contribution in [3.05, 3.63) is 28.8 Å². The number of halogens is 1. The molecule has 0 spiro atoms. The second-order valence-electron chi connectivity index (χ2n) is 5.90. The van der Waals surface area contributed by atoms with Gasteiger partial charge in [-0.15, -0.1) is 0 Å². The molecular formula is C17H23ClN3O+. The summed E-state index contributed by atoms with van der Waals surface area (Å²) in [5.74, 6) is -0.0252. The lowest BCUT2D eigenvalue weighted by Crippen LogP contribution is -2.91. The number of rotatable bonds is 4. The van der Waals surface area contributed by atoms with Crippen LogP contribution in [-0.2, 0) is 4.79 Å². The molecule has 3 N–H and O–H groups in total. The molecular weight excluding hydrogens is 298 g/mol. The fourth-order valence-corrected chi connectivity index (χ4v) is 3.12. The van der Waals surface area contributed by atoms with Crippen LogP contribution in [0.1, 0.15) is 50.5 Å². The van der Waals surface area contributed by atoms with Gasteiger partial charge in [0.2, 0.25) is 0 Å². The van der Waals surface area contributed by atoms with E-state index in [0.29, 0.717) is 28.9 Å². The van der Waals surface area contributed by atoms with Crippen molar-refractivity contribution < 1.29 is 10.1 Å². The molecule has 1 aliphatic rings. The standard InChI is InChI=1S/C17H22ClN3O/c18-16-10-15(9-8-13(16)11-19)21-17(22)12-20-14-6-4-2-1-3-5-7-14/h8-10,14,20H,1-7,12H2,(H,21,22)/p+1. The molecule has 4 nitrogen and oxygen atoms in total. The molecule has 0 bridgehead atoms. The van der Waals surface area contributed by atoms with Crippen molar-refractivity contribution in [1.82, 2.24) is 0 Å². The minimum Gasteiger partial charge on any atom is -0.336 e. The predicted octanol–water partition coefficient (Wildman–Crippen LogP) is 2.83. The molecule has 1 aromatic carbocycles. The van der Waals surface area contributed by atoms with Crippen LogP contribution >= 0.6 is 11.6 Å². The zero-order valence-corrected chi connectivity index (χ0v) is 13.5. The molecule has 0 atom stereocenters. The molecule has 1 amide bonds. The number of nitriles is 1. The van der Waals surface area contributed by atoms with Crippen LogP contribution in [0.2, 0.25) is 5.02 Å². The average molecular weight is 321 g/mol. The minimum absolute atomic E-state index is 0.0252. The van der Waals surface area contributed by atoms with Gasteiger partial charge in [-0.25, -0.2) is 0 Å². The number of hydrogen-bond donors (Lipinski definition) is 2. The molecule has 5 heteroatoms. The summed E-state index contributed by atoms with van der Waals surface area (Å²) in [6, 6.07) is 7.52. The minimum atomic E-state index is -0.0252. The topological polar surface area (TPSA) is 69.5 Å². The van der Waals surface area contributed by atoms with Crippen LogP contribution in [0.25, 0.3) is 0 Å². The third-order valence-electron chi connectivity index (χ3n) is 4.16. The Morgan fingerprint density at radius 3 is 2.59 bits per heavy atom. The first kappa shape index (κ1) is 16.8. The number of carbonyl (C=O) groups is 1. The first-order chi connectivity index (χ1) is 10.7. The van der Waals surface area contributed by atoms with Gasteiger partial charge in [-0.1, -0.05) is 30.9 Å². The van der Waals surface area contributed by atoms with E-state index in [-0.39, 0.29) is 5.91 Å². The number of nitrogens with two attached hydrogens (primary N) is 1. The molecule has 0 aromatic heterocycles. The average Bonchev–Trinajstić information content (AvgIpc) is 2.46. The van der Waals surface area contributed by atoms with Gasteiger partial charge in [-0.3, -0.25) is 4.79 Å². The van der Waals surface area contributed by atoms with E-state index in [2.05, 4.69) is 10.6 Å². The van der Waals surface area contributed by atoms with Crippen LogP contribution in [0.5, 0.6) is 0 Å².